The average Bonchev–Trinajstić information content (AvgIpc) is 2.84. The third-order valence-electron chi connectivity index (χ3n) is 4.06. The van der Waals surface area contributed by atoms with E-state index in [4.69, 9.17) is 4.74 Å². The van der Waals surface area contributed by atoms with Crippen LogP contribution in [0.5, 0.6) is 5.75 Å². The van der Waals surface area contributed by atoms with E-state index in [1.807, 2.05) is 18.2 Å². The Balaban J connectivity index is 1.92. The molecule has 3 rings (SSSR count). The molecule has 1 aliphatic rings. The highest BCUT2D eigenvalue weighted by Gasteiger charge is 2.18. The van der Waals surface area contributed by atoms with Crippen molar-refractivity contribution in [3.05, 3.63) is 40.5 Å². The van der Waals surface area contributed by atoms with Crippen LogP contribution in [-0.2, 0) is 6.42 Å². The van der Waals surface area contributed by atoms with Gasteiger partial charge in [-0.05, 0) is 52.5 Å². The third-order valence-corrected chi connectivity index (χ3v) is 5.65. The van der Waals surface area contributed by atoms with E-state index in [1.165, 1.54) is 0 Å². The van der Waals surface area contributed by atoms with Crippen molar-refractivity contribution in [1.82, 2.24) is 8.87 Å². The Bertz CT molecular complexity index is 701. The van der Waals surface area contributed by atoms with E-state index < -0.39 is 0 Å². The van der Waals surface area contributed by atoms with Crippen molar-refractivity contribution in [1.29, 1.82) is 0 Å². The smallest absolute Gasteiger partial charge is 0.170 e. The molecule has 22 heavy (non-hydrogen) atoms. The molecule has 2 heterocycles. The Labute approximate surface area is 142 Å². The number of ether oxygens (including phenoxy) is 1. The molecule has 1 aromatic heterocycles. The summed E-state index contributed by atoms with van der Waals surface area (Å²) in [6.07, 6.45) is 6.42. The van der Waals surface area contributed by atoms with Crippen molar-refractivity contribution in [2.24, 2.45) is 0 Å². The van der Waals surface area contributed by atoms with Crippen LogP contribution in [0.4, 0.5) is 3.89 Å². The predicted molar refractivity (Wildman–Crippen MR) is 94.2 cm³/mol. The number of hydrogen-bond acceptors (Lipinski definition) is 3. The minimum Gasteiger partial charge on any atom is -0.497 e. The van der Waals surface area contributed by atoms with Crippen molar-refractivity contribution in [2.45, 2.75) is 12.8 Å². The Hall–Kier alpha value is -0.980. The predicted octanol–water partition coefficient (Wildman–Crippen LogP) is 4.60. The zero-order chi connectivity index (χ0) is 15.5. The number of rotatable bonds is 5. The Kier molecular flexibility index (Phi) is 5.10. The quantitative estimate of drug-likeness (QED) is 0.701. The number of aromatic nitrogens is 1. The lowest BCUT2D eigenvalue weighted by atomic mass is 10.1. The summed E-state index contributed by atoms with van der Waals surface area (Å²) in [5.74, 6) is 0.795. The van der Waals surface area contributed by atoms with Crippen LogP contribution in [0.3, 0.4) is 0 Å². The molecule has 0 amide bonds. The van der Waals surface area contributed by atoms with Gasteiger partial charge >= 0.3 is 0 Å². The Morgan fingerprint density at radius 2 is 2.23 bits per heavy atom. The number of halogens is 2. The summed E-state index contributed by atoms with van der Waals surface area (Å²) in [6.45, 7) is 3.06. The molecule has 118 valence electrons. The van der Waals surface area contributed by atoms with Crippen molar-refractivity contribution in [2.75, 3.05) is 26.7 Å². The van der Waals surface area contributed by atoms with Crippen LogP contribution in [0.25, 0.3) is 10.9 Å². The second-order valence-electron chi connectivity index (χ2n) is 5.33. The molecule has 0 saturated carbocycles. The number of hydrogen-bond donors (Lipinski definition) is 0. The zero-order valence-electron chi connectivity index (χ0n) is 12.4. The molecule has 0 N–H and O–H groups in total. The van der Waals surface area contributed by atoms with Gasteiger partial charge in [-0.25, -0.2) is 3.97 Å². The number of methoxy groups -OCH3 is 1. The first-order valence-electron chi connectivity index (χ1n) is 7.28. The first-order chi connectivity index (χ1) is 10.7. The summed E-state index contributed by atoms with van der Waals surface area (Å²) in [4.78, 5) is 2.42. The van der Waals surface area contributed by atoms with Crippen LogP contribution >= 0.6 is 28.3 Å². The standard InChI is InChI=1S/C16H18BrFN2OS/c1-21-12-5-6-15-14(11-12)13(16(17)20(15)22-18)7-10-19-8-3-2-4-9-19/h2-3,5-6,11H,4,7-10H2,1H3. The van der Waals surface area contributed by atoms with E-state index in [9.17, 15) is 3.89 Å². The van der Waals surface area contributed by atoms with E-state index in [2.05, 4.69) is 33.0 Å². The number of fused-ring (bicyclic) bond motifs is 1. The molecule has 0 bridgehead atoms. The first-order valence-corrected chi connectivity index (χ1v) is 8.74. The summed E-state index contributed by atoms with van der Waals surface area (Å²) >= 11 is 3.78. The second-order valence-corrected chi connectivity index (χ2v) is 6.58. The fourth-order valence-corrected chi connectivity index (χ4v) is 4.04. The molecular formula is C16H18BrFN2OS. The lowest BCUT2D eigenvalue weighted by molar-refractivity contribution is 0.302. The van der Waals surface area contributed by atoms with E-state index >= 15 is 0 Å². The summed E-state index contributed by atoms with van der Waals surface area (Å²) in [7, 11) is 1.65. The van der Waals surface area contributed by atoms with Crippen LogP contribution in [0.15, 0.2) is 35.0 Å². The molecule has 2 aromatic rings. The molecule has 1 aromatic carbocycles. The molecule has 3 nitrogen and oxygen atoms in total. The van der Waals surface area contributed by atoms with Crippen molar-refractivity contribution in [3.63, 3.8) is 0 Å². The van der Waals surface area contributed by atoms with E-state index in [0.717, 1.165) is 59.3 Å². The van der Waals surface area contributed by atoms with Crippen LogP contribution in [0, 0.1) is 0 Å². The third kappa shape index (κ3) is 3.05. The topological polar surface area (TPSA) is 17.4 Å². The maximum absolute atomic E-state index is 13.3. The van der Waals surface area contributed by atoms with Crippen LogP contribution in [0.2, 0.25) is 0 Å². The van der Waals surface area contributed by atoms with E-state index in [-0.39, 0.29) is 12.3 Å². The van der Waals surface area contributed by atoms with Crippen molar-refractivity contribution < 1.29 is 8.62 Å². The molecule has 0 unspecified atom stereocenters. The fraction of sp³-hybridized carbons (Fsp3) is 0.375. The SMILES string of the molecule is COc1ccc2c(c1)c(CCN1CC=CCC1)c(Br)n2SF. The maximum Gasteiger partial charge on any atom is 0.170 e. The minimum atomic E-state index is 0.225. The summed E-state index contributed by atoms with van der Waals surface area (Å²) < 4.78 is 21.0. The molecule has 0 fully saturated rings. The van der Waals surface area contributed by atoms with Gasteiger partial charge in [-0.3, -0.25) is 4.90 Å². The minimum absolute atomic E-state index is 0.225. The van der Waals surface area contributed by atoms with Crippen LogP contribution in [-0.4, -0.2) is 35.6 Å². The second kappa shape index (κ2) is 7.06. The van der Waals surface area contributed by atoms with Gasteiger partial charge in [0.05, 0.1) is 12.6 Å². The molecule has 0 aliphatic carbocycles. The lowest BCUT2D eigenvalue weighted by Gasteiger charge is -2.22. The first kappa shape index (κ1) is 15.9. The van der Waals surface area contributed by atoms with Gasteiger partial charge in [-0.1, -0.05) is 12.2 Å². The van der Waals surface area contributed by atoms with Crippen molar-refractivity contribution >= 4 is 39.2 Å². The average molecular weight is 385 g/mol. The normalized spacial score (nSPS) is 15.6. The van der Waals surface area contributed by atoms with Gasteiger partial charge in [0.15, 0.2) is 12.3 Å². The van der Waals surface area contributed by atoms with Crippen LogP contribution in [0.1, 0.15) is 12.0 Å². The van der Waals surface area contributed by atoms with E-state index in [1.54, 1.807) is 11.1 Å². The van der Waals surface area contributed by atoms with Gasteiger partial charge < -0.3 is 4.74 Å². The molecule has 6 heteroatoms. The molecule has 0 spiro atoms. The summed E-state index contributed by atoms with van der Waals surface area (Å²) in [6, 6.07) is 5.75. The van der Waals surface area contributed by atoms with E-state index in [0.29, 0.717) is 0 Å². The molecule has 1 aliphatic heterocycles. The number of nitrogens with zero attached hydrogens (tertiary/aromatic N) is 2. The molecule has 0 atom stereocenters. The van der Waals surface area contributed by atoms with Gasteiger partial charge in [-0.15, -0.1) is 3.89 Å². The number of benzene rings is 1. The highest BCUT2D eigenvalue weighted by atomic mass is 79.9. The van der Waals surface area contributed by atoms with Gasteiger partial charge in [-0.2, -0.15) is 0 Å². The Morgan fingerprint density at radius 3 is 2.91 bits per heavy atom. The van der Waals surface area contributed by atoms with Gasteiger partial charge in [0.1, 0.15) is 10.4 Å². The van der Waals surface area contributed by atoms with Gasteiger partial charge in [0.25, 0.3) is 0 Å². The largest absolute Gasteiger partial charge is 0.497 e. The van der Waals surface area contributed by atoms with Crippen LogP contribution < -0.4 is 4.74 Å². The zero-order valence-corrected chi connectivity index (χ0v) is 14.8. The Morgan fingerprint density at radius 1 is 1.36 bits per heavy atom. The molecular weight excluding hydrogens is 367 g/mol. The highest BCUT2D eigenvalue weighted by Crippen LogP contribution is 2.36. The highest BCUT2D eigenvalue weighted by molar-refractivity contribution is 9.10. The van der Waals surface area contributed by atoms with Gasteiger partial charge in [0.2, 0.25) is 0 Å². The monoisotopic (exact) mass is 384 g/mol. The fourth-order valence-electron chi connectivity index (χ4n) is 2.87. The van der Waals surface area contributed by atoms with Gasteiger partial charge in [0, 0.05) is 25.0 Å². The lowest BCUT2D eigenvalue weighted by Crippen LogP contribution is -2.29. The summed E-state index contributed by atoms with van der Waals surface area (Å²) in [5.41, 5.74) is 2.00. The summed E-state index contributed by atoms with van der Waals surface area (Å²) in [5, 5.41) is 1.05. The molecule has 0 saturated heterocycles. The maximum atomic E-state index is 13.3. The van der Waals surface area contributed by atoms with Crippen molar-refractivity contribution in [3.8, 4) is 5.75 Å². The molecule has 0 radical (unpaired) electrons.